The van der Waals surface area contributed by atoms with E-state index in [9.17, 15) is 19.7 Å². The van der Waals surface area contributed by atoms with E-state index in [2.05, 4.69) is 10.5 Å². The molecule has 9 nitrogen and oxygen atoms in total. The lowest BCUT2D eigenvalue weighted by Gasteiger charge is -2.01. The molecule has 1 N–H and O–H groups in total. The molecule has 0 spiro atoms. The van der Waals surface area contributed by atoms with Crippen molar-refractivity contribution in [1.29, 1.82) is 0 Å². The number of methoxy groups -OCH3 is 1. The van der Waals surface area contributed by atoms with Crippen molar-refractivity contribution in [3.05, 3.63) is 87.7 Å². The minimum Gasteiger partial charge on any atom is -0.465 e. The summed E-state index contributed by atoms with van der Waals surface area (Å²) < 4.78 is 10.3. The van der Waals surface area contributed by atoms with Crippen LogP contribution in [0.3, 0.4) is 0 Å². The van der Waals surface area contributed by atoms with Crippen molar-refractivity contribution >= 4 is 23.8 Å². The Labute approximate surface area is 164 Å². The Morgan fingerprint density at radius 1 is 1.10 bits per heavy atom. The van der Waals surface area contributed by atoms with E-state index in [0.29, 0.717) is 22.6 Å². The molecular formula is C20H15N3O6. The van der Waals surface area contributed by atoms with Gasteiger partial charge in [-0.05, 0) is 30.3 Å². The van der Waals surface area contributed by atoms with Gasteiger partial charge in [-0.2, -0.15) is 5.10 Å². The molecule has 1 heterocycles. The second-order valence-corrected chi connectivity index (χ2v) is 5.78. The van der Waals surface area contributed by atoms with Gasteiger partial charge in [0.15, 0.2) is 0 Å². The van der Waals surface area contributed by atoms with Gasteiger partial charge < -0.3 is 9.15 Å². The lowest BCUT2D eigenvalue weighted by Crippen LogP contribution is -2.17. The third-order valence-corrected chi connectivity index (χ3v) is 3.87. The average molecular weight is 393 g/mol. The largest absolute Gasteiger partial charge is 0.465 e. The Hall–Kier alpha value is -4.27. The van der Waals surface area contributed by atoms with Crippen LogP contribution in [0, 0.1) is 10.1 Å². The lowest BCUT2D eigenvalue weighted by molar-refractivity contribution is -0.384. The maximum atomic E-state index is 12.0. The number of nitrogens with one attached hydrogen (secondary N) is 1. The molecule has 0 aliphatic rings. The highest BCUT2D eigenvalue weighted by Gasteiger charge is 2.11. The molecule has 1 aromatic heterocycles. The Morgan fingerprint density at radius 2 is 1.86 bits per heavy atom. The molecule has 3 aromatic rings. The summed E-state index contributed by atoms with van der Waals surface area (Å²) in [7, 11) is 1.30. The Bertz CT molecular complexity index is 1100. The minimum absolute atomic E-state index is 0.108. The number of benzene rings is 2. The molecule has 29 heavy (non-hydrogen) atoms. The van der Waals surface area contributed by atoms with Gasteiger partial charge >= 0.3 is 5.97 Å². The van der Waals surface area contributed by atoms with Crippen LogP contribution < -0.4 is 5.43 Å². The number of hydrogen-bond donors (Lipinski definition) is 1. The number of furan rings is 1. The summed E-state index contributed by atoms with van der Waals surface area (Å²) in [5, 5.41) is 14.6. The zero-order chi connectivity index (χ0) is 20.8. The summed E-state index contributed by atoms with van der Waals surface area (Å²) in [5.41, 5.74) is 3.26. The molecule has 9 heteroatoms. The first-order valence-corrected chi connectivity index (χ1v) is 8.34. The van der Waals surface area contributed by atoms with Gasteiger partial charge in [-0.25, -0.2) is 10.2 Å². The van der Waals surface area contributed by atoms with Crippen LogP contribution in [0.4, 0.5) is 5.69 Å². The van der Waals surface area contributed by atoms with E-state index in [4.69, 9.17) is 9.15 Å². The molecule has 0 bridgehead atoms. The van der Waals surface area contributed by atoms with Gasteiger partial charge in [-0.15, -0.1) is 0 Å². The van der Waals surface area contributed by atoms with E-state index in [1.807, 2.05) is 0 Å². The normalized spacial score (nSPS) is 10.7. The van der Waals surface area contributed by atoms with Crippen LogP contribution in [0.2, 0.25) is 0 Å². The van der Waals surface area contributed by atoms with Crippen molar-refractivity contribution in [3.8, 4) is 11.3 Å². The van der Waals surface area contributed by atoms with Crippen LogP contribution in [0.25, 0.3) is 11.3 Å². The topological polar surface area (TPSA) is 124 Å². The van der Waals surface area contributed by atoms with Crippen LogP contribution in [-0.4, -0.2) is 30.1 Å². The summed E-state index contributed by atoms with van der Waals surface area (Å²) in [5.74, 6) is -0.184. The molecule has 0 aliphatic carbocycles. The summed E-state index contributed by atoms with van der Waals surface area (Å²) in [6, 6.07) is 15.4. The van der Waals surface area contributed by atoms with Crippen LogP contribution in [-0.2, 0) is 4.74 Å². The number of carbonyl (C=O) groups excluding carboxylic acids is 2. The fraction of sp³-hybridized carbons (Fsp3) is 0.0500. The standard InChI is InChI=1S/C20H15N3O6/c1-28-20(25)15-6-2-4-13(10-15)18-9-8-17(29-18)12-21-22-19(24)14-5-3-7-16(11-14)23(26)27/h2-12H,1H3,(H,22,24). The van der Waals surface area contributed by atoms with E-state index in [-0.39, 0.29) is 11.3 Å². The fourth-order valence-corrected chi connectivity index (χ4v) is 2.47. The first kappa shape index (κ1) is 19.5. The summed E-state index contributed by atoms with van der Waals surface area (Å²) in [4.78, 5) is 33.9. The van der Waals surface area contributed by atoms with Gasteiger partial charge in [0.05, 0.1) is 23.8 Å². The molecule has 1 amide bonds. The molecule has 0 saturated heterocycles. The lowest BCUT2D eigenvalue weighted by atomic mass is 10.1. The number of hydrogen-bond acceptors (Lipinski definition) is 7. The van der Waals surface area contributed by atoms with Crippen molar-refractivity contribution in [3.63, 3.8) is 0 Å². The number of nitro benzene ring substituents is 1. The van der Waals surface area contributed by atoms with E-state index in [1.54, 1.807) is 36.4 Å². The summed E-state index contributed by atoms with van der Waals surface area (Å²) >= 11 is 0. The van der Waals surface area contributed by atoms with Crippen molar-refractivity contribution in [2.45, 2.75) is 0 Å². The van der Waals surface area contributed by atoms with E-state index < -0.39 is 16.8 Å². The van der Waals surface area contributed by atoms with Gasteiger partial charge in [0.1, 0.15) is 11.5 Å². The van der Waals surface area contributed by atoms with Crippen LogP contribution in [0.1, 0.15) is 26.5 Å². The van der Waals surface area contributed by atoms with Crippen molar-refractivity contribution in [2.24, 2.45) is 5.10 Å². The van der Waals surface area contributed by atoms with Crippen molar-refractivity contribution < 1.29 is 23.7 Å². The minimum atomic E-state index is -0.595. The molecule has 0 saturated carbocycles. The second-order valence-electron chi connectivity index (χ2n) is 5.78. The quantitative estimate of drug-likeness (QED) is 0.296. The number of ether oxygens (including phenoxy) is 1. The van der Waals surface area contributed by atoms with Crippen molar-refractivity contribution in [2.75, 3.05) is 7.11 Å². The van der Waals surface area contributed by atoms with Gasteiger partial charge in [-0.1, -0.05) is 18.2 Å². The third kappa shape index (κ3) is 4.72. The number of non-ortho nitro benzene ring substituents is 1. The number of nitro groups is 1. The zero-order valence-electron chi connectivity index (χ0n) is 15.2. The highest BCUT2D eigenvalue weighted by atomic mass is 16.6. The predicted octanol–water partition coefficient (Wildman–Crippen LogP) is 3.41. The van der Waals surface area contributed by atoms with Crippen LogP contribution in [0.15, 0.2) is 70.2 Å². The SMILES string of the molecule is COC(=O)c1cccc(-c2ccc(C=NNC(=O)c3cccc([N+](=O)[O-])c3)o2)c1. The highest BCUT2D eigenvalue weighted by Crippen LogP contribution is 2.23. The fourth-order valence-electron chi connectivity index (χ4n) is 2.47. The smallest absolute Gasteiger partial charge is 0.337 e. The maximum Gasteiger partial charge on any atom is 0.337 e. The number of hydrazone groups is 1. The number of rotatable bonds is 6. The molecule has 0 radical (unpaired) electrons. The molecule has 146 valence electrons. The van der Waals surface area contributed by atoms with E-state index in [1.165, 1.54) is 31.5 Å². The highest BCUT2D eigenvalue weighted by molar-refractivity contribution is 5.95. The van der Waals surface area contributed by atoms with Gasteiger partial charge in [0.25, 0.3) is 11.6 Å². The maximum absolute atomic E-state index is 12.0. The van der Waals surface area contributed by atoms with Gasteiger partial charge in [0.2, 0.25) is 0 Å². The molecular weight excluding hydrogens is 378 g/mol. The first-order chi connectivity index (χ1) is 14.0. The first-order valence-electron chi connectivity index (χ1n) is 8.34. The number of amides is 1. The summed E-state index contributed by atoms with van der Waals surface area (Å²) in [6.07, 6.45) is 1.29. The summed E-state index contributed by atoms with van der Waals surface area (Å²) in [6.45, 7) is 0. The number of esters is 1. The Morgan fingerprint density at radius 3 is 2.62 bits per heavy atom. The van der Waals surface area contributed by atoms with E-state index >= 15 is 0 Å². The van der Waals surface area contributed by atoms with Gasteiger partial charge in [-0.3, -0.25) is 14.9 Å². The third-order valence-electron chi connectivity index (χ3n) is 3.87. The molecule has 0 fully saturated rings. The predicted molar refractivity (Wildman–Crippen MR) is 104 cm³/mol. The Balaban J connectivity index is 1.68. The van der Waals surface area contributed by atoms with E-state index in [0.717, 1.165) is 6.07 Å². The molecule has 3 rings (SSSR count). The zero-order valence-corrected chi connectivity index (χ0v) is 15.2. The van der Waals surface area contributed by atoms with Crippen LogP contribution in [0.5, 0.6) is 0 Å². The second kappa shape index (κ2) is 8.61. The molecule has 2 aromatic carbocycles. The number of nitrogens with zero attached hydrogens (tertiary/aromatic N) is 2. The molecule has 0 aliphatic heterocycles. The van der Waals surface area contributed by atoms with Crippen molar-refractivity contribution in [1.82, 2.24) is 5.43 Å². The average Bonchev–Trinajstić information content (AvgIpc) is 3.22. The van der Waals surface area contributed by atoms with Gasteiger partial charge in [0, 0.05) is 23.3 Å². The molecule has 0 unspecified atom stereocenters. The Kier molecular flexibility index (Phi) is 5.79. The number of carbonyl (C=O) groups is 2. The monoisotopic (exact) mass is 393 g/mol. The molecule has 0 atom stereocenters. The van der Waals surface area contributed by atoms with Crippen LogP contribution >= 0.6 is 0 Å².